The molecule has 5 nitrogen and oxygen atoms in total. The van der Waals surface area contributed by atoms with Gasteiger partial charge in [0, 0.05) is 35.1 Å². The van der Waals surface area contributed by atoms with Crippen LogP contribution in [0.25, 0.3) is 10.9 Å². The minimum Gasteiger partial charge on any atom is -0.493 e. The van der Waals surface area contributed by atoms with Crippen molar-refractivity contribution in [2.75, 3.05) is 33.3 Å². The molecular formula is C26H30ClN3O2. The lowest BCUT2D eigenvalue weighted by Gasteiger charge is -2.35. The number of H-pyrrole nitrogens is 1. The standard InChI is InChI=1S/C26H30ClN3O2/c1-17(31)30-14-11-22-23-15-20(27)5-8-24(23)28-25(22)26(30)19-3-6-21(7-4-19)32-16-18-9-12-29(2)13-10-18/h3-8,15,18,26,28H,9-14,16H2,1-2H3. The predicted octanol–water partition coefficient (Wildman–Crippen LogP) is 5.04. The van der Waals surface area contributed by atoms with E-state index < -0.39 is 0 Å². The van der Waals surface area contributed by atoms with E-state index in [4.69, 9.17) is 16.3 Å². The lowest BCUT2D eigenvalue weighted by molar-refractivity contribution is -0.130. The molecule has 3 heterocycles. The van der Waals surface area contributed by atoms with Crippen LogP contribution >= 0.6 is 11.6 Å². The summed E-state index contributed by atoms with van der Waals surface area (Å²) in [5.74, 6) is 1.60. The zero-order chi connectivity index (χ0) is 22.2. The summed E-state index contributed by atoms with van der Waals surface area (Å²) in [4.78, 5) is 20.4. The molecule has 0 aliphatic carbocycles. The van der Waals surface area contributed by atoms with E-state index in [0.29, 0.717) is 12.5 Å². The SMILES string of the molecule is CC(=O)N1CCc2c([nH]c3ccc(Cl)cc23)C1c1ccc(OCC2CCN(C)CC2)cc1. The Morgan fingerprint density at radius 1 is 1.12 bits per heavy atom. The fourth-order valence-electron chi connectivity index (χ4n) is 5.14. The Labute approximate surface area is 194 Å². The molecule has 32 heavy (non-hydrogen) atoms. The fraction of sp³-hybridized carbons (Fsp3) is 0.423. The first-order valence-electron chi connectivity index (χ1n) is 11.5. The van der Waals surface area contributed by atoms with Crippen LogP contribution in [-0.4, -0.2) is 54.0 Å². The largest absolute Gasteiger partial charge is 0.493 e. The van der Waals surface area contributed by atoms with Gasteiger partial charge < -0.3 is 19.5 Å². The predicted molar refractivity (Wildman–Crippen MR) is 128 cm³/mol. The van der Waals surface area contributed by atoms with Gasteiger partial charge in [0.1, 0.15) is 5.75 Å². The Morgan fingerprint density at radius 2 is 1.88 bits per heavy atom. The molecule has 1 amide bonds. The number of nitrogens with zero attached hydrogens (tertiary/aromatic N) is 2. The number of rotatable bonds is 4. The quantitative estimate of drug-likeness (QED) is 0.604. The number of aromatic amines is 1. The van der Waals surface area contributed by atoms with Crippen molar-refractivity contribution in [3.05, 3.63) is 64.3 Å². The average Bonchev–Trinajstić information content (AvgIpc) is 3.16. The number of nitrogens with one attached hydrogen (secondary N) is 1. The van der Waals surface area contributed by atoms with Crippen LogP contribution in [0, 0.1) is 5.92 Å². The summed E-state index contributed by atoms with van der Waals surface area (Å²) < 4.78 is 6.11. The number of amides is 1. The molecule has 1 N–H and O–H groups in total. The normalized spacial score (nSPS) is 19.8. The number of piperidine rings is 1. The van der Waals surface area contributed by atoms with E-state index in [0.717, 1.165) is 59.0 Å². The molecule has 1 unspecified atom stereocenters. The van der Waals surface area contributed by atoms with Gasteiger partial charge in [-0.05, 0) is 86.8 Å². The van der Waals surface area contributed by atoms with Gasteiger partial charge in [0.2, 0.25) is 5.91 Å². The van der Waals surface area contributed by atoms with E-state index >= 15 is 0 Å². The molecule has 1 atom stereocenters. The second kappa shape index (κ2) is 8.80. The summed E-state index contributed by atoms with van der Waals surface area (Å²) in [5, 5.41) is 1.88. The number of aromatic nitrogens is 1. The number of halogens is 1. The Morgan fingerprint density at radius 3 is 2.59 bits per heavy atom. The molecule has 0 spiro atoms. The molecule has 0 radical (unpaired) electrons. The zero-order valence-corrected chi connectivity index (χ0v) is 19.5. The van der Waals surface area contributed by atoms with Crippen LogP contribution in [0.5, 0.6) is 5.75 Å². The molecule has 6 heteroatoms. The first kappa shape index (κ1) is 21.4. The lowest BCUT2D eigenvalue weighted by Crippen LogP contribution is -2.39. The van der Waals surface area contributed by atoms with Crippen LogP contribution in [-0.2, 0) is 11.2 Å². The van der Waals surface area contributed by atoms with E-state index in [2.05, 4.69) is 29.1 Å². The second-order valence-electron chi connectivity index (χ2n) is 9.20. The van der Waals surface area contributed by atoms with Crippen molar-refractivity contribution in [2.24, 2.45) is 5.92 Å². The number of hydrogen-bond acceptors (Lipinski definition) is 3. The molecule has 5 rings (SSSR count). The number of benzene rings is 2. The number of ether oxygens (including phenoxy) is 1. The molecular weight excluding hydrogens is 422 g/mol. The molecule has 0 bridgehead atoms. The maximum absolute atomic E-state index is 12.5. The van der Waals surface area contributed by atoms with Gasteiger partial charge in [-0.3, -0.25) is 4.79 Å². The summed E-state index contributed by atoms with van der Waals surface area (Å²) in [6.45, 7) is 5.40. The molecule has 3 aromatic rings. The highest BCUT2D eigenvalue weighted by molar-refractivity contribution is 6.31. The Bertz CT molecular complexity index is 1120. The number of fused-ring (bicyclic) bond motifs is 3. The molecule has 1 aromatic heterocycles. The van der Waals surface area contributed by atoms with Gasteiger partial charge >= 0.3 is 0 Å². The highest BCUT2D eigenvalue weighted by Gasteiger charge is 2.33. The molecule has 2 aliphatic rings. The second-order valence-corrected chi connectivity index (χ2v) is 9.64. The van der Waals surface area contributed by atoms with Crippen molar-refractivity contribution in [1.29, 1.82) is 0 Å². The lowest BCUT2D eigenvalue weighted by atomic mass is 9.92. The molecule has 2 aliphatic heterocycles. The minimum atomic E-state index is -0.134. The number of carbonyl (C=O) groups is 1. The molecule has 2 aromatic carbocycles. The van der Waals surface area contributed by atoms with Crippen LogP contribution in [0.3, 0.4) is 0 Å². The van der Waals surface area contributed by atoms with Crippen molar-refractivity contribution in [3.8, 4) is 5.75 Å². The maximum Gasteiger partial charge on any atom is 0.220 e. The van der Waals surface area contributed by atoms with Crippen LogP contribution in [0.1, 0.15) is 42.6 Å². The van der Waals surface area contributed by atoms with E-state index in [1.807, 2.05) is 35.2 Å². The summed E-state index contributed by atoms with van der Waals surface area (Å²) in [5.41, 5.74) is 4.50. The van der Waals surface area contributed by atoms with Crippen LogP contribution in [0.4, 0.5) is 0 Å². The summed E-state index contributed by atoms with van der Waals surface area (Å²) >= 11 is 6.27. The van der Waals surface area contributed by atoms with Crippen molar-refractivity contribution >= 4 is 28.4 Å². The Hall–Kier alpha value is -2.50. The highest BCUT2D eigenvalue weighted by atomic mass is 35.5. The topological polar surface area (TPSA) is 48.6 Å². The molecule has 168 valence electrons. The van der Waals surface area contributed by atoms with E-state index in [9.17, 15) is 4.79 Å². The Kier molecular flexibility index (Phi) is 5.87. The summed E-state index contributed by atoms with van der Waals surface area (Å²) in [6.07, 6.45) is 3.21. The molecule has 1 fully saturated rings. The van der Waals surface area contributed by atoms with Crippen molar-refractivity contribution in [3.63, 3.8) is 0 Å². The third-order valence-corrected chi connectivity index (χ3v) is 7.25. The van der Waals surface area contributed by atoms with Gasteiger partial charge in [-0.1, -0.05) is 23.7 Å². The first-order chi connectivity index (χ1) is 15.5. The van der Waals surface area contributed by atoms with Gasteiger partial charge in [0.05, 0.1) is 12.6 Å². The van der Waals surface area contributed by atoms with Gasteiger partial charge in [0.15, 0.2) is 0 Å². The van der Waals surface area contributed by atoms with Crippen LogP contribution < -0.4 is 4.74 Å². The fourth-order valence-corrected chi connectivity index (χ4v) is 5.31. The van der Waals surface area contributed by atoms with Gasteiger partial charge in [-0.25, -0.2) is 0 Å². The molecule has 0 saturated carbocycles. The van der Waals surface area contributed by atoms with Gasteiger partial charge in [-0.15, -0.1) is 0 Å². The van der Waals surface area contributed by atoms with E-state index in [-0.39, 0.29) is 11.9 Å². The third-order valence-electron chi connectivity index (χ3n) is 7.01. The average molecular weight is 452 g/mol. The van der Waals surface area contributed by atoms with Crippen LogP contribution in [0.2, 0.25) is 5.02 Å². The minimum absolute atomic E-state index is 0.0833. The van der Waals surface area contributed by atoms with E-state index in [1.54, 1.807) is 6.92 Å². The van der Waals surface area contributed by atoms with Crippen LogP contribution in [0.15, 0.2) is 42.5 Å². The van der Waals surface area contributed by atoms with Gasteiger partial charge in [-0.2, -0.15) is 0 Å². The zero-order valence-electron chi connectivity index (χ0n) is 18.7. The number of carbonyl (C=O) groups excluding carboxylic acids is 1. The molecule has 1 saturated heterocycles. The first-order valence-corrected chi connectivity index (χ1v) is 11.9. The van der Waals surface area contributed by atoms with Gasteiger partial charge in [0.25, 0.3) is 0 Å². The van der Waals surface area contributed by atoms with Crippen molar-refractivity contribution < 1.29 is 9.53 Å². The van der Waals surface area contributed by atoms with Crippen molar-refractivity contribution in [1.82, 2.24) is 14.8 Å². The maximum atomic E-state index is 12.5. The smallest absolute Gasteiger partial charge is 0.220 e. The van der Waals surface area contributed by atoms with E-state index in [1.165, 1.54) is 18.4 Å². The Balaban J connectivity index is 1.40. The van der Waals surface area contributed by atoms with Crippen molar-refractivity contribution in [2.45, 2.75) is 32.2 Å². The number of hydrogen-bond donors (Lipinski definition) is 1. The monoisotopic (exact) mass is 451 g/mol. The number of likely N-dealkylation sites (tertiary alicyclic amines) is 1. The summed E-state index contributed by atoms with van der Waals surface area (Å²) in [7, 11) is 2.18. The summed E-state index contributed by atoms with van der Waals surface area (Å²) in [6, 6.07) is 14.1. The highest BCUT2D eigenvalue weighted by Crippen LogP contribution is 2.39. The third kappa shape index (κ3) is 4.12.